The molecule has 0 aromatic rings. The van der Waals surface area contributed by atoms with Crippen molar-refractivity contribution >= 4 is 37.8 Å². The molecule has 0 fully saturated rings. The van der Waals surface area contributed by atoms with Crippen LogP contribution in [0.25, 0.3) is 0 Å². The topological polar surface area (TPSA) is 66.6 Å². The third-order valence-corrected chi connectivity index (χ3v) is 3.73. The van der Waals surface area contributed by atoms with E-state index >= 15 is 0 Å². The van der Waals surface area contributed by atoms with Gasteiger partial charge in [-0.05, 0) is 18.9 Å². The van der Waals surface area contributed by atoms with Crippen molar-refractivity contribution in [3.63, 3.8) is 0 Å². The number of rotatable bonds is 4. The van der Waals surface area contributed by atoms with Gasteiger partial charge in [-0.3, -0.25) is 4.79 Å². The zero-order chi connectivity index (χ0) is 11.6. The highest BCUT2D eigenvalue weighted by molar-refractivity contribution is 9.24. The summed E-state index contributed by atoms with van der Waals surface area (Å²) in [6, 6.07) is 0. The number of hydrogen-bond acceptors (Lipinski definition) is 3. The average Bonchev–Trinajstić information content (AvgIpc) is 2.41. The maximum Gasteiger partial charge on any atom is 0.266 e. The number of nitrogens with zero attached hydrogens (tertiary/aromatic N) is 1. The van der Waals surface area contributed by atoms with Gasteiger partial charge in [-0.15, -0.1) is 0 Å². The second kappa shape index (κ2) is 4.95. The predicted molar refractivity (Wildman–Crippen MR) is 65.2 cm³/mol. The fourth-order valence-electron chi connectivity index (χ4n) is 1.42. The largest absolute Gasteiger partial charge is 0.365 e. The molecule has 0 saturated carbocycles. The number of hydrazine groups is 1. The first-order valence-electron chi connectivity index (χ1n) is 4.75. The molecule has 1 aliphatic heterocycles. The van der Waals surface area contributed by atoms with E-state index in [1.807, 2.05) is 6.92 Å². The van der Waals surface area contributed by atoms with Crippen LogP contribution in [0.3, 0.4) is 0 Å². The van der Waals surface area contributed by atoms with Crippen molar-refractivity contribution in [2.75, 3.05) is 0 Å². The quantitative estimate of drug-likeness (QED) is 0.464. The minimum absolute atomic E-state index is 0.310. The van der Waals surface area contributed by atoms with Crippen LogP contribution in [0, 0.1) is 0 Å². The number of aliphatic hydroxyl groups is 1. The number of unbranched alkanes of at least 4 members (excludes halogenated alkanes) is 1. The van der Waals surface area contributed by atoms with Crippen LogP contribution < -0.4 is 5.84 Å². The molecule has 0 bridgehead atoms. The van der Waals surface area contributed by atoms with Gasteiger partial charge in [-0.1, -0.05) is 45.2 Å². The molecule has 1 amide bonds. The lowest BCUT2D eigenvalue weighted by molar-refractivity contribution is -0.140. The Balaban J connectivity index is 2.86. The molecule has 0 spiro atoms. The van der Waals surface area contributed by atoms with E-state index in [1.165, 1.54) is 6.08 Å². The summed E-state index contributed by atoms with van der Waals surface area (Å²) >= 11 is 6.34. The van der Waals surface area contributed by atoms with Crippen molar-refractivity contribution in [1.82, 2.24) is 5.01 Å². The van der Waals surface area contributed by atoms with Crippen LogP contribution in [0.4, 0.5) is 0 Å². The molecule has 0 aromatic carbocycles. The van der Waals surface area contributed by atoms with Crippen molar-refractivity contribution < 1.29 is 9.90 Å². The van der Waals surface area contributed by atoms with Gasteiger partial charge >= 0.3 is 0 Å². The van der Waals surface area contributed by atoms with E-state index in [2.05, 4.69) is 31.9 Å². The number of carbonyl (C=O) groups excluding carboxylic acids is 1. The number of alkyl halides is 2. The normalized spacial score (nSPS) is 26.4. The fourth-order valence-corrected chi connectivity index (χ4v) is 2.13. The van der Waals surface area contributed by atoms with E-state index in [4.69, 9.17) is 5.84 Å². The highest BCUT2D eigenvalue weighted by atomic mass is 79.9. The third-order valence-electron chi connectivity index (χ3n) is 2.39. The van der Waals surface area contributed by atoms with Crippen LogP contribution in [0.2, 0.25) is 0 Å². The van der Waals surface area contributed by atoms with E-state index in [0.717, 1.165) is 17.9 Å². The molecule has 1 atom stereocenters. The highest BCUT2D eigenvalue weighted by Crippen LogP contribution is 2.34. The van der Waals surface area contributed by atoms with E-state index < -0.39 is 9.46 Å². The molecule has 0 aliphatic carbocycles. The lowest BCUT2D eigenvalue weighted by atomic mass is 10.1. The average molecular weight is 342 g/mol. The monoisotopic (exact) mass is 340 g/mol. The summed E-state index contributed by atoms with van der Waals surface area (Å²) < 4.78 is -0.481. The Bertz CT molecular complexity index is 294. The second-order valence-electron chi connectivity index (χ2n) is 3.53. The van der Waals surface area contributed by atoms with Crippen LogP contribution >= 0.6 is 31.9 Å². The first-order valence-corrected chi connectivity index (χ1v) is 6.58. The minimum atomic E-state index is -1.47. The molecule has 6 heteroatoms. The van der Waals surface area contributed by atoms with Gasteiger partial charge in [0.2, 0.25) is 0 Å². The van der Waals surface area contributed by atoms with Crippen molar-refractivity contribution in [2.24, 2.45) is 5.84 Å². The lowest BCUT2D eigenvalue weighted by Gasteiger charge is -2.30. The summed E-state index contributed by atoms with van der Waals surface area (Å²) in [6.07, 6.45) is 4.08. The van der Waals surface area contributed by atoms with Gasteiger partial charge < -0.3 is 5.11 Å². The van der Waals surface area contributed by atoms with Crippen LogP contribution in [-0.2, 0) is 4.79 Å². The molecular formula is C9H14Br2N2O2. The van der Waals surface area contributed by atoms with Gasteiger partial charge in [-0.25, -0.2) is 10.9 Å². The summed E-state index contributed by atoms with van der Waals surface area (Å²) in [5.41, 5.74) is -0.897. The smallest absolute Gasteiger partial charge is 0.266 e. The maximum absolute atomic E-state index is 11.7. The third kappa shape index (κ3) is 2.43. The summed E-state index contributed by atoms with van der Waals surface area (Å²) in [5.74, 6) is 5.23. The first-order chi connectivity index (χ1) is 6.93. The van der Waals surface area contributed by atoms with Gasteiger partial charge in [0.05, 0.1) is 0 Å². The van der Waals surface area contributed by atoms with Gasteiger partial charge in [-0.2, -0.15) is 0 Å². The van der Waals surface area contributed by atoms with Crippen molar-refractivity contribution in [3.8, 4) is 0 Å². The molecule has 1 heterocycles. The molecule has 0 radical (unpaired) electrons. The number of nitrogens with two attached hydrogens (primary N) is 1. The molecule has 0 aromatic heterocycles. The Kier molecular flexibility index (Phi) is 4.34. The summed E-state index contributed by atoms with van der Waals surface area (Å²) in [4.78, 5) is 11.7. The zero-order valence-electron chi connectivity index (χ0n) is 8.41. The SMILES string of the molecule is CCCCC1=CC(O)(C(Br)Br)N(N)C1=O. The number of hydrogen-bond donors (Lipinski definition) is 2. The molecule has 1 rings (SSSR count). The molecule has 86 valence electrons. The van der Waals surface area contributed by atoms with Gasteiger partial charge in [0.25, 0.3) is 5.91 Å². The lowest BCUT2D eigenvalue weighted by Crippen LogP contribution is -2.54. The van der Waals surface area contributed by atoms with Crippen LogP contribution in [0.1, 0.15) is 26.2 Å². The summed E-state index contributed by atoms with van der Waals surface area (Å²) in [7, 11) is 0. The van der Waals surface area contributed by atoms with Crippen LogP contribution in [0.15, 0.2) is 11.6 Å². The van der Waals surface area contributed by atoms with E-state index in [9.17, 15) is 9.90 Å². The number of halogens is 2. The van der Waals surface area contributed by atoms with Gasteiger partial charge in [0, 0.05) is 5.57 Å². The maximum atomic E-state index is 11.7. The highest BCUT2D eigenvalue weighted by Gasteiger charge is 2.46. The Morgan fingerprint density at radius 2 is 2.27 bits per heavy atom. The Morgan fingerprint density at radius 1 is 1.67 bits per heavy atom. The number of carbonyl (C=O) groups is 1. The second-order valence-corrected chi connectivity index (χ2v) is 6.59. The summed E-state index contributed by atoms with van der Waals surface area (Å²) in [5, 5.41) is 10.9. The Hall–Kier alpha value is 0.0900. The summed E-state index contributed by atoms with van der Waals surface area (Å²) in [6.45, 7) is 2.05. The van der Waals surface area contributed by atoms with Crippen molar-refractivity contribution in [1.29, 1.82) is 0 Å². The molecule has 3 N–H and O–H groups in total. The zero-order valence-corrected chi connectivity index (χ0v) is 11.6. The van der Waals surface area contributed by atoms with Crippen molar-refractivity contribution in [2.45, 2.75) is 35.6 Å². The predicted octanol–water partition coefficient (Wildman–Crippen LogP) is 1.62. The van der Waals surface area contributed by atoms with Gasteiger partial charge in [0.1, 0.15) is 3.74 Å². The van der Waals surface area contributed by atoms with Gasteiger partial charge in [0.15, 0.2) is 5.72 Å². The molecule has 1 aliphatic rings. The fraction of sp³-hybridized carbons (Fsp3) is 0.667. The van der Waals surface area contributed by atoms with Crippen molar-refractivity contribution in [3.05, 3.63) is 11.6 Å². The standard InChI is InChI=1S/C9H14Br2N2O2/c1-2-3-4-6-5-9(15,8(10)11)13(12)7(6)14/h5,8,15H,2-4,12H2,1H3. The van der Waals surface area contributed by atoms with Crippen LogP contribution in [-0.4, -0.2) is 25.5 Å². The molecular weight excluding hydrogens is 328 g/mol. The minimum Gasteiger partial charge on any atom is -0.365 e. The molecule has 15 heavy (non-hydrogen) atoms. The van der Waals surface area contributed by atoms with E-state index in [0.29, 0.717) is 12.0 Å². The Morgan fingerprint density at radius 3 is 2.67 bits per heavy atom. The molecule has 0 saturated heterocycles. The first kappa shape index (κ1) is 13.2. The van der Waals surface area contributed by atoms with E-state index in [-0.39, 0.29) is 5.91 Å². The Labute approximate surface area is 106 Å². The molecule has 4 nitrogen and oxygen atoms in total. The van der Waals surface area contributed by atoms with Crippen LogP contribution in [0.5, 0.6) is 0 Å². The number of amides is 1. The van der Waals surface area contributed by atoms with E-state index in [1.54, 1.807) is 0 Å². The molecule has 1 unspecified atom stereocenters.